The van der Waals surface area contributed by atoms with Crippen molar-refractivity contribution in [3.8, 4) is 5.75 Å². The van der Waals surface area contributed by atoms with Crippen LogP contribution in [0, 0.1) is 0 Å². The first-order valence-corrected chi connectivity index (χ1v) is 4.86. The molecule has 1 unspecified atom stereocenters. The summed E-state index contributed by atoms with van der Waals surface area (Å²) >= 11 is 0. The van der Waals surface area contributed by atoms with Crippen molar-refractivity contribution in [1.29, 1.82) is 0 Å². The number of alkyl halides is 3. The van der Waals surface area contributed by atoms with Crippen LogP contribution in [0.2, 0.25) is 0 Å². The Balaban J connectivity index is 2.94. The van der Waals surface area contributed by atoms with Crippen molar-refractivity contribution >= 4 is 0 Å². The summed E-state index contributed by atoms with van der Waals surface area (Å²) in [6.45, 7) is 2.71. The number of aliphatic hydroxyl groups excluding tert-OH is 1. The molecule has 2 N–H and O–H groups in total. The lowest BCUT2D eigenvalue weighted by atomic mass is 9.95. The van der Waals surface area contributed by atoms with Crippen LogP contribution >= 0.6 is 0 Å². The fourth-order valence-electron chi connectivity index (χ4n) is 1.29. The van der Waals surface area contributed by atoms with E-state index >= 15 is 0 Å². The first-order valence-electron chi connectivity index (χ1n) is 4.86. The zero-order chi connectivity index (χ0) is 13.3. The van der Waals surface area contributed by atoms with Gasteiger partial charge in [0.2, 0.25) is 0 Å². The lowest BCUT2D eigenvalue weighted by Gasteiger charge is -2.25. The summed E-state index contributed by atoms with van der Waals surface area (Å²) in [5, 5.41) is 19.2. The van der Waals surface area contributed by atoms with Gasteiger partial charge in [-0.25, -0.2) is 0 Å². The van der Waals surface area contributed by atoms with E-state index in [0.717, 1.165) is 12.1 Å². The van der Waals surface area contributed by atoms with Crippen LogP contribution in [0.5, 0.6) is 5.75 Å². The fraction of sp³-hybridized carbons (Fsp3) is 0.455. The summed E-state index contributed by atoms with van der Waals surface area (Å²) in [6, 6.07) is 4.88. The quantitative estimate of drug-likeness (QED) is 0.866. The second kappa shape index (κ2) is 4.54. The highest BCUT2D eigenvalue weighted by Gasteiger charge is 2.32. The Kier molecular flexibility index (Phi) is 3.68. The lowest BCUT2D eigenvalue weighted by molar-refractivity contribution is -0.274. The average molecular weight is 250 g/mol. The van der Waals surface area contributed by atoms with Crippen LogP contribution in [0.15, 0.2) is 24.3 Å². The zero-order valence-corrected chi connectivity index (χ0v) is 9.32. The second-order valence-corrected chi connectivity index (χ2v) is 4.18. The van der Waals surface area contributed by atoms with Gasteiger partial charge in [-0.1, -0.05) is 12.1 Å². The van der Waals surface area contributed by atoms with E-state index < -0.39 is 23.8 Å². The van der Waals surface area contributed by atoms with Crippen LogP contribution in [0.1, 0.15) is 25.5 Å². The number of aliphatic hydroxyl groups is 2. The van der Waals surface area contributed by atoms with Crippen LogP contribution in [0.4, 0.5) is 13.2 Å². The van der Waals surface area contributed by atoms with Crippen molar-refractivity contribution in [3.05, 3.63) is 29.8 Å². The maximum Gasteiger partial charge on any atom is 0.573 e. The van der Waals surface area contributed by atoms with E-state index in [1.54, 1.807) is 0 Å². The van der Waals surface area contributed by atoms with E-state index in [-0.39, 0.29) is 5.56 Å². The average Bonchev–Trinajstić information content (AvgIpc) is 2.12. The van der Waals surface area contributed by atoms with Crippen LogP contribution in [0.3, 0.4) is 0 Å². The lowest BCUT2D eigenvalue weighted by Crippen LogP contribution is -2.28. The molecular weight excluding hydrogens is 237 g/mol. The minimum absolute atomic E-state index is 0.152. The van der Waals surface area contributed by atoms with Gasteiger partial charge in [-0.05, 0) is 31.5 Å². The second-order valence-electron chi connectivity index (χ2n) is 4.18. The smallest absolute Gasteiger partial charge is 0.406 e. The Morgan fingerprint density at radius 3 is 2.29 bits per heavy atom. The molecule has 0 aliphatic carbocycles. The number of hydrogen-bond donors (Lipinski definition) is 2. The van der Waals surface area contributed by atoms with Crippen molar-refractivity contribution in [2.75, 3.05) is 0 Å². The molecule has 6 heteroatoms. The highest BCUT2D eigenvalue weighted by Crippen LogP contribution is 2.29. The Morgan fingerprint density at radius 2 is 1.82 bits per heavy atom. The molecule has 0 aromatic heterocycles. The molecule has 96 valence electrons. The Bertz CT molecular complexity index is 382. The largest absolute Gasteiger partial charge is 0.573 e. The molecule has 0 spiro atoms. The molecule has 0 fully saturated rings. The standard InChI is InChI=1S/C11H13F3O3/c1-10(2,16)9(15)7-4-3-5-8(6-7)17-11(12,13)14/h3-6,9,15-16H,1-2H3. The topological polar surface area (TPSA) is 49.7 Å². The first kappa shape index (κ1) is 13.8. The summed E-state index contributed by atoms with van der Waals surface area (Å²) < 4.78 is 39.6. The fourth-order valence-corrected chi connectivity index (χ4v) is 1.29. The van der Waals surface area contributed by atoms with Gasteiger partial charge >= 0.3 is 6.36 Å². The molecule has 0 bridgehead atoms. The molecule has 1 atom stereocenters. The molecule has 0 saturated heterocycles. The maximum atomic E-state index is 12.0. The summed E-state index contributed by atoms with van der Waals surface area (Å²) in [5.74, 6) is -0.432. The van der Waals surface area contributed by atoms with Crippen LogP contribution < -0.4 is 4.74 Å². The third-order valence-corrected chi connectivity index (χ3v) is 2.08. The van der Waals surface area contributed by atoms with Crippen molar-refractivity contribution in [2.45, 2.75) is 31.9 Å². The van der Waals surface area contributed by atoms with E-state index in [1.807, 2.05) is 0 Å². The number of rotatable bonds is 3. The molecule has 0 heterocycles. The molecule has 0 radical (unpaired) electrons. The predicted molar refractivity (Wildman–Crippen MR) is 54.4 cm³/mol. The Labute approximate surface area is 96.5 Å². The van der Waals surface area contributed by atoms with Gasteiger partial charge in [0.1, 0.15) is 11.9 Å². The van der Waals surface area contributed by atoms with Crippen LogP contribution in [0.25, 0.3) is 0 Å². The number of ether oxygens (including phenoxy) is 1. The highest BCUT2D eigenvalue weighted by atomic mass is 19.4. The zero-order valence-electron chi connectivity index (χ0n) is 9.32. The Morgan fingerprint density at radius 1 is 1.24 bits per heavy atom. The summed E-state index contributed by atoms with van der Waals surface area (Å²) in [6.07, 6.45) is -6.07. The minimum atomic E-state index is -4.78. The van der Waals surface area contributed by atoms with Gasteiger partial charge in [0, 0.05) is 0 Å². The number of halogens is 3. The summed E-state index contributed by atoms with van der Waals surface area (Å²) in [7, 11) is 0. The molecule has 17 heavy (non-hydrogen) atoms. The van der Waals surface area contributed by atoms with Crippen LogP contribution in [-0.4, -0.2) is 22.2 Å². The molecule has 0 aliphatic heterocycles. The highest BCUT2D eigenvalue weighted by molar-refractivity contribution is 5.31. The van der Waals surface area contributed by atoms with Gasteiger partial charge in [-0.3, -0.25) is 0 Å². The number of hydrogen-bond acceptors (Lipinski definition) is 3. The molecule has 1 aromatic rings. The van der Waals surface area contributed by atoms with E-state index in [4.69, 9.17) is 0 Å². The van der Waals surface area contributed by atoms with Gasteiger partial charge in [0.15, 0.2) is 0 Å². The van der Waals surface area contributed by atoms with Gasteiger partial charge in [-0.2, -0.15) is 0 Å². The third-order valence-electron chi connectivity index (χ3n) is 2.08. The van der Waals surface area contributed by atoms with Gasteiger partial charge in [0.05, 0.1) is 5.60 Å². The van der Waals surface area contributed by atoms with E-state index in [1.165, 1.54) is 26.0 Å². The van der Waals surface area contributed by atoms with E-state index in [0.29, 0.717) is 0 Å². The van der Waals surface area contributed by atoms with Crippen molar-refractivity contribution in [1.82, 2.24) is 0 Å². The minimum Gasteiger partial charge on any atom is -0.406 e. The molecule has 0 saturated carbocycles. The maximum absolute atomic E-state index is 12.0. The SMILES string of the molecule is CC(C)(O)C(O)c1cccc(OC(F)(F)F)c1. The van der Waals surface area contributed by atoms with Crippen molar-refractivity contribution in [2.24, 2.45) is 0 Å². The Hall–Kier alpha value is -1.27. The molecular formula is C11H13F3O3. The summed E-state index contributed by atoms with van der Waals surface area (Å²) in [4.78, 5) is 0. The third kappa shape index (κ3) is 4.24. The van der Waals surface area contributed by atoms with Crippen molar-refractivity contribution in [3.63, 3.8) is 0 Å². The van der Waals surface area contributed by atoms with Gasteiger partial charge in [0.25, 0.3) is 0 Å². The molecule has 0 aliphatic rings. The van der Waals surface area contributed by atoms with Crippen molar-refractivity contribution < 1.29 is 28.1 Å². The molecule has 0 amide bonds. The van der Waals surface area contributed by atoms with E-state index in [9.17, 15) is 23.4 Å². The summed E-state index contributed by atoms with van der Waals surface area (Å²) in [5.41, 5.74) is -1.30. The predicted octanol–water partition coefficient (Wildman–Crippen LogP) is 2.39. The normalized spacial score (nSPS) is 14.5. The first-order chi connectivity index (χ1) is 7.59. The van der Waals surface area contributed by atoms with Gasteiger partial charge < -0.3 is 14.9 Å². The molecule has 3 nitrogen and oxygen atoms in total. The van der Waals surface area contributed by atoms with Gasteiger partial charge in [-0.15, -0.1) is 13.2 Å². The molecule has 1 rings (SSSR count). The van der Waals surface area contributed by atoms with E-state index in [2.05, 4.69) is 4.74 Å². The van der Waals surface area contributed by atoms with Crippen LogP contribution in [-0.2, 0) is 0 Å². The molecule has 1 aromatic carbocycles. The number of benzene rings is 1. The monoisotopic (exact) mass is 250 g/mol.